The van der Waals surface area contributed by atoms with Crippen molar-refractivity contribution >= 4 is 23.2 Å². The van der Waals surface area contributed by atoms with Crippen molar-refractivity contribution in [2.75, 3.05) is 7.11 Å². The van der Waals surface area contributed by atoms with Gasteiger partial charge < -0.3 is 10.1 Å². The standard InChI is InChI=1S/C21H16F6N4O3S/c1-9-7-28-15(16(30-9)18-29-8-14(35-18)19(33)34-3)10(2)31-17(32)11-4-12(20(22,23)24)6-13(5-11)21(25,26)27/h4-8,10H,1-3H3,(H,31,32). The molecule has 2 aromatic heterocycles. The smallest absolute Gasteiger partial charge is 0.416 e. The van der Waals surface area contributed by atoms with Gasteiger partial charge in [-0.1, -0.05) is 0 Å². The minimum absolute atomic E-state index is 0.0644. The van der Waals surface area contributed by atoms with Crippen LogP contribution in [0, 0.1) is 6.92 Å². The van der Waals surface area contributed by atoms with Crippen molar-refractivity contribution in [2.24, 2.45) is 0 Å². The molecule has 14 heteroatoms. The normalized spacial score (nSPS) is 12.8. The van der Waals surface area contributed by atoms with Gasteiger partial charge >= 0.3 is 18.3 Å². The molecule has 1 aromatic carbocycles. The second-order valence-corrected chi connectivity index (χ2v) is 8.29. The molecule has 186 valence electrons. The number of esters is 1. The molecule has 7 nitrogen and oxygen atoms in total. The van der Waals surface area contributed by atoms with Crippen molar-refractivity contribution in [3.8, 4) is 10.7 Å². The van der Waals surface area contributed by atoms with E-state index < -0.39 is 47.0 Å². The first-order valence-electron chi connectivity index (χ1n) is 9.69. The van der Waals surface area contributed by atoms with Crippen LogP contribution in [0.15, 0.2) is 30.6 Å². The van der Waals surface area contributed by atoms with E-state index in [0.717, 1.165) is 11.3 Å². The third-order valence-electron chi connectivity index (χ3n) is 4.62. The summed E-state index contributed by atoms with van der Waals surface area (Å²) >= 11 is 0.933. The third kappa shape index (κ3) is 5.93. The first-order valence-corrected chi connectivity index (χ1v) is 10.5. The number of carbonyl (C=O) groups excluding carboxylic acids is 2. The van der Waals surface area contributed by atoms with E-state index >= 15 is 0 Å². The second-order valence-electron chi connectivity index (χ2n) is 7.26. The van der Waals surface area contributed by atoms with Gasteiger partial charge in [0.15, 0.2) is 0 Å². The Labute approximate surface area is 198 Å². The summed E-state index contributed by atoms with van der Waals surface area (Å²) in [7, 11) is 1.19. The number of aromatic nitrogens is 3. The monoisotopic (exact) mass is 518 g/mol. The van der Waals surface area contributed by atoms with Gasteiger partial charge in [-0.05, 0) is 32.0 Å². The maximum atomic E-state index is 13.1. The minimum Gasteiger partial charge on any atom is -0.465 e. The van der Waals surface area contributed by atoms with E-state index in [9.17, 15) is 35.9 Å². The molecule has 2 heterocycles. The first-order chi connectivity index (χ1) is 16.2. The van der Waals surface area contributed by atoms with Gasteiger partial charge in [-0.3, -0.25) is 9.78 Å². The zero-order valence-electron chi connectivity index (χ0n) is 18.2. The Morgan fingerprint density at radius 2 is 1.60 bits per heavy atom. The third-order valence-corrected chi connectivity index (χ3v) is 5.61. The van der Waals surface area contributed by atoms with Gasteiger partial charge in [-0.2, -0.15) is 26.3 Å². The van der Waals surface area contributed by atoms with Crippen LogP contribution >= 0.6 is 11.3 Å². The van der Waals surface area contributed by atoms with Gasteiger partial charge in [0.1, 0.15) is 15.6 Å². The van der Waals surface area contributed by atoms with E-state index in [2.05, 4.69) is 25.0 Å². The number of nitrogens with zero attached hydrogens (tertiary/aromatic N) is 3. The Morgan fingerprint density at radius 1 is 1.00 bits per heavy atom. The van der Waals surface area contributed by atoms with Gasteiger partial charge in [0, 0.05) is 11.8 Å². The summed E-state index contributed by atoms with van der Waals surface area (Å²) in [5.41, 5.74) is -3.28. The summed E-state index contributed by atoms with van der Waals surface area (Å²) in [4.78, 5) is 37.2. The van der Waals surface area contributed by atoms with E-state index in [1.165, 1.54) is 26.4 Å². The highest BCUT2D eigenvalue weighted by atomic mass is 32.1. The van der Waals surface area contributed by atoms with Crippen molar-refractivity contribution in [1.82, 2.24) is 20.3 Å². The molecule has 1 N–H and O–H groups in total. The molecule has 0 bridgehead atoms. The summed E-state index contributed by atoms with van der Waals surface area (Å²) < 4.78 is 83.4. The highest BCUT2D eigenvalue weighted by Gasteiger charge is 2.37. The number of carbonyl (C=O) groups is 2. The Hall–Kier alpha value is -3.55. The van der Waals surface area contributed by atoms with Crippen LogP contribution in [0.5, 0.6) is 0 Å². The topological polar surface area (TPSA) is 94.1 Å². The number of ether oxygens (including phenoxy) is 1. The summed E-state index contributed by atoms with van der Waals surface area (Å²) in [5.74, 6) is -1.82. The zero-order chi connectivity index (χ0) is 26.1. The van der Waals surface area contributed by atoms with E-state index in [0.29, 0.717) is 17.8 Å². The predicted octanol–water partition coefficient (Wildman–Crippen LogP) is 5.22. The molecular weight excluding hydrogens is 502 g/mol. The lowest BCUT2D eigenvalue weighted by molar-refractivity contribution is -0.143. The van der Waals surface area contributed by atoms with Crippen LogP contribution in [0.25, 0.3) is 10.7 Å². The molecule has 0 saturated heterocycles. The number of amides is 1. The van der Waals surface area contributed by atoms with Crippen molar-refractivity contribution in [2.45, 2.75) is 32.2 Å². The number of hydrogen-bond acceptors (Lipinski definition) is 7. The fourth-order valence-corrected chi connectivity index (χ4v) is 3.81. The summed E-state index contributed by atoms with van der Waals surface area (Å²) in [6.07, 6.45) is -7.58. The SMILES string of the molecule is COC(=O)c1cnc(-c2nc(C)cnc2C(C)NC(=O)c2cc(C(F)(F)F)cc(C(F)(F)F)c2)s1. The van der Waals surface area contributed by atoms with Gasteiger partial charge in [0.05, 0.1) is 41.9 Å². The van der Waals surface area contributed by atoms with Gasteiger partial charge in [-0.25, -0.2) is 14.8 Å². The average molecular weight is 518 g/mol. The van der Waals surface area contributed by atoms with Crippen LogP contribution in [-0.2, 0) is 17.1 Å². The zero-order valence-corrected chi connectivity index (χ0v) is 19.0. The predicted molar refractivity (Wildman–Crippen MR) is 112 cm³/mol. The van der Waals surface area contributed by atoms with E-state index in [1.807, 2.05) is 0 Å². The van der Waals surface area contributed by atoms with E-state index in [-0.39, 0.29) is 27.3 Å². The number of nitrogens with one attached hydrogen (secondary N) is 1. The molecule has 0 radical (unpaired) electrons. The Bertz CT molecular complexity index is 1240. The molecule has 1 unspecified atom stereocenters. The maximum Gasteiger partial charge on any atom is 0.416 e. The van der Waals surface area contributed by atoms with Crippen LogP contribution in [0.1, 0.15) is 55.5 Å². The first kappa shape index (κ1) is 26.1. The molecule has 0 aliphatic rings. The van der Waals surface area contributed by atoms with Crippen molar-refractivity contribution in [3.63, 3.8) is 0 Å². The molecular formula is C21H16F6N4O3S. The lowest BCUT2D eigenvalue weighted by atomic mass is 10.0. The number of alkyl halides is 6. The fourth-order valence-electron chi connectivity index (χ4n) is 2.97. The highest BCUT2D eigenvalue weighted by molar-refractivity contribution is 7.16. The van der Waals surface area contributed by atoms with Crippen LogP contribution in [-0.4, -0.2) is 33.9 Å². The van der Waals surface area contributed by atoms with Crippen molar-refractivity contribution < 1.29 is 40.7 Å². The summed E-state index contributed by atoms with van der Waals surface area (Å²) in [6, 6.07) is -0.393. The molecule has 1 atom stereocenters. The average Bonchev–Trinajstić information content (AvgIpc) is 3.27. The van der Waals surface area contributed by atoms with E-state index in [1.54, 1.807) is 6.92 Å². The van der Waals surface area contributed by atoms with Gasteiger partial charge in [0.25, 0.3) is 5.91 Å². The summed E-state index contributed by atoms with van der Waals surface area (Å²) in [6.45, 7) is 3.05. The van der Waals surface area contributed by atoms with E-state index in [4.69, 9.17) is 0 Å². The van der Waals surface area contributed by atoms with Crippen LogP contribution in [0.2, 0.25) is 0 Å². The van der Waals surface area contributed by atoms with Gasteiger partial charge in [-0.15, -0.1) is 11.3 Å². The molecule has 0 aliphatic heterocycles. The summed E-state index contributed by atoms with van der Waals surface area (Å²) in [5, 5.41) is 2.60. The number of hydrogen-bond donors (Lipinski definition) is 1. The molecule has 0 saturated carbocycles. The number of rotatable bonds is 5. The minimum atomic E-state index is -5.10. The van der Waals surface area contributed by atoms with Crippen LogP contribution in [0.3, 0.4) is 0 Å². The van der Waals surface area contributed by atoms with Crippen LogP contribution in [0.4, 0.5) is 26.3 Å². The number of aryl methyl sites for hydroxylation is 1. The number of benzene rings is 1. The fraction of sp³-hybridized carbons (Fsp3) is 0.286. The molecule has 0 fully saturated rings. The quantitative estimate of drug-likeness (QED) is 0.368. The largest absolute Gasteiger partial charge is 0.465 e. The highest BCUT2D eigenvalue weighted by Crippen LogP contribution is 2.36. The molecule has 3 rings (SSSR count). The number of methoxy groups -OCH3 is 1. The maximum absolute atomic E-state index is 13.1. The lowest BCUT2D eigenvalue weighted by Crippen LogP contribution is -2.28. The molecule has 0 spiro atoms. The van der Waals surface area contributed by atoms with Crippen LogP contribution < -0.4 is 5.32 Å². The van der Waals surface area contributed by atoms with Gasteiger partial charge in [0.2, 0.25) is 0 Å². The Kier molecular flexibility index (Phi) is 7.15. The number of thiazole rings is 1. The molecule has 0 aliphatic carbocycles. The molecule has 1 amide bonds. The molecule has 3 aromatic rings. The Balaban J connectivity index is 1.96. The second kappa shape index (κ2) is 9.60. The lowest BCUT2D eigenvalue weighted by Gasteiger charge is -2.18. The molecule has 35 heavy (non-hydrogen) atoms. The van der Waals surface area contributed by atoms with Crippen molar-refractivity contribution in [3.05, 3.63) is 63.5 Å². The van der Waals surface area contributed by atoms with Crippen molar-refractivity contribution in [1.29, 1.82) is 0 Å². The Morgan fingerprint density at radius 3 is 2.14 bits per heavy atom. The number of halogens is 6.